The van der Waals surface area contributed by atoms with Crippen molar-refractivity contribution in [1.29, 1.82) is 0 Å². The zero-order valence-corrected chi connectivity index (χ0v) is 39.5. The number of nitro groups is 1. The Morgan fingerprint density at radius 1 is 1.01 bits per heavy atom. The maximum atomic E-state index is 14.1. The highest BCUT2D eigenvalue weighted by atomic mass is 35.5. The molecule has 1 atom stereocenters. The normalized spacial score (nSPS) is 21.0. The van der Waals surface area contributed by atoms with E-state index in [9.17, 15) is 23.3 Å². The first-order chi connectivity index (χ1) is 32.2. The number of H-pyrrole nitrogens is 1. The Kier molecular flexibility index (Phi) is 13.5. The number of aromatic amines is 1. The number of anilines is 2. The topological polar surface area (TPSA) is 190 Å². The van der Waals surface area contributed by atoms with Crippen molar-refractivity contribution in [3.05, 3.63) is 111 Å². The third-order valence-electron chi connectivity index (χ3n) is 13.4. The summed E-state index contributed by atoms with van der Waals surface area (Å²) in [5, 5.41) is 17.0. The maximum absolute atomic E-state index is 14.1. The summed E-state index contributed by atoms with van der Waals surface area (Å²) in [7, 11) is -2.97. The molecule has 3 aromatic carbocycles. The number of piperazine rings is 1. The van der Waals surface area contributed by atoms with E-state index < -0.39 is 37.5 Å². The van der Waals surface area contributed by atoms with Crippen LogP contribution < -0.4 is 24.4 Å². The van der Waals surface area contributed by atoms with E-state index >= 15 is 0 Å². The van der Waals surface area contributed by atoms with E-state index in [0.29, 0.717) is 24.5 Å². The predicted octanol–water partition coefficient (Wildman–Crippen LogP) is 8.97. The zero-order valence-electron chi connectivity index (χ0n) is 37.9. The molecule has 0 spiro atoms. The third-order valence-corrected chi connectivity index (χ3v) is 15.0. The predicted molar refractivity (Wildman–Crippen MR) is 257 cm³/mol. The fourth-order valence-electron chi connectivity index (χ4n) is 9.56. The number of methoxy groups -OCH3 is 1. The van der Waals surface area contributed by atoms with Crippen LogP contribution in [0.3, 0.4) is 0 Å². The molecule has 67 heavy (non-hydrogen) atoms. The summed E-state index contributed by atoms with van der Waals surface area (Å²) >= 11 is 6.25. The van der Waals surface area contributed by atoms with Gasteiger partial charge in [0.25, 0.3) is 21.6 Å². The van der Waals surface area contributed by atoms with Gasteiger partial charge >= 0.3 is 0 Å². The molecule has 1 saturated heterocycles. The van der Waals surface area contributed by atoms with Crippen molar-refractivity contribution in [3.63, 3.8) is 0 Å². The summed E-state index contributed by atoms with van der Waals surface area (Å²) in [6.45, 7) is 8.90. The second-order valence-electron chi connectivity index (χ2n) is 18.7. The lowest BCUT2D eigenvalue weighted by molar-refractivity contribution is -0.384. The molecular formula is C49H56ClN7O9S. The number of rotatable bonds is 14. The fraction of sp³-hybridized carbons (Fsp3) is 0.429. The first-order valence-electron chi connectivity index (χ1n) is 22.8. The van der Waals surface area contributed by atoms with Crippen LogP contribution in [0, 0.1) is 15.5 Å². The SMILES string of the molecule is COC1CCC(OC[C@@H]2COc3cc(S(=O)(=O)NC(=O)c4ccc(N5CCN(CC6=C(c7ccc(Cl)cc7)CC(C)(C)CC6)CC5)cc4Oc4cnc5[nH]ccc5c4)cc([N+](=O)[O-])c3N2)CC1. The number of nitro benzene ring substituents is 1. The molecule has 2 aliphatic heterocycles. The van der Waals surface area contributed by atoms with Crippen LogP contribution in [0.4, 0.5) is 17.1 Å². The molecule has 4 aliphatic rings. The molecule has 0 unspecified atom stereocenters. The van der Waals surface area contributed by atoms with Crippen molar-refractivity contribution >= 4 is 61.2 Å². The van der Waals surface area contributed by atoms with Crippen LogP contribution in [0.15, 0.2) is 89.6 Å². The highest BCUT2D eigenvalue weighted by Crippen LogP contribution is 2.44. The number of carbonyl (C=O) groups excluding carboxylic acids is 1. The Morgan fingerprint density at radius 2 is 1.78 bits per heavy atom. The van der Waals surface area contributed by atoms with Crippen LogP contribution in [-0.4, -0.2) is 105 Å². The van der Waals surface area contributed by atoms with Gasteiger partial charge in [-0.05, 0) is 97.9 Å². The molecule has 1 amide bonds. The minimum atomic E-state index is -4.68. The Morgan fingerprint density at radius 3 is 2.52 bits per heavy atom. The molecule has 16 nitrogen and oxygen atoms in total. The molecule has 9 rings (SSSR count). The van der Waals surface area contributed by atoms with Crippen molar-refractivity contribution in [2.24, 2.45) is 5.41 Å². The Labute approximate surface area is 395 Å². The van der Waals surface area contributed by atoms with Crippen LogP contribution in [0.5, 0.6) is 17.2 Å². The van der Waals surface area contributed by atoms with E-state index in [1.54, 1.807) is 31.5 Å². The van der Waals surface area contributed by atoms with Gasteiger partial charge in [0.2, 0.25) is 0 Å². The van der Waals surface area contributed by atoms with Gasteiger partial charge in [0, 0.05) is 80.3 Å². The minimum absolute atomic E-state index is 0.0265. The molecule has 4 heterocycles. The fourth-order valence-corrected chi connectivity index (χ4v) is 10.7. The van der Waals surface area contributed by atoms with Crippen molar-refractivity contribution < 1.29 is 37.1 Å². The van der Waals surface area contributed by atoms with E-state index in [-0.39, 0.29) is 53.6 Å². The average molecular weight is 955 g/mol. The van der Waals surface area contributed by atoms with Crippen molar-refractivity contribution in [1.82, 2.24) is 19.6 Å². The second-order valence-corrected chi connectivity index (χ2v) is 20.8. The zero-order chi connectivity index (χ0) is 46.9. The minimum Gasteiger partial charge on any atom is -0.489 e. The van der Waals surface area contributed by atoms with E-state index in [1.807, 2.05) is 18.2 Å². The number of benzene rings is 3. The molecule has 2 aliphatic carbocycles. The molecule has 1 saturated carbocycles. The number of aromatic nitrogens is 2. The van der Waals surface area contributed by atoms with Gasteiger partial charge in [0.15, 0.2) is 11.4 Å². The lowest BCUT2D eigenvalue weighted by atomic mass is 9.72. The Bertz CT molecular complexity index is 2780. The number of sulfonamides is 1. The summed E-state index contributed by atoms with van der Waals surface area (Å²) in [6, 6.07) is 18.5. The lowest BCUT2D eigenvalue weighted by Gasteiger charge is -2.39. The summed E-state index contributed by atoms with van der Waals surface area (Å²) < 4.78 is 53.8. The molecule has 5 aromatic rings. The summed E-state index contributed by atoms with van der Waals surface area (Å²) in [4.78, 5) is 37.4. The van der Waals surface area contributed by atoms with Crippen LogP contribution >= 0.6 is 11.6 Å². The molecule has 0 radical (unpaired) electrons. The number of hydrogen-bond acceptors (Lipinski definition) is 13. The van der Waals surface area contributed by atoms with Gasteiger partial charge in [0.1, 0.15) is 23.8 Å². The largest absolute Gasteiger partial charge is 0.489 e. The highest BCUT2D eigenvalue weighted by molar-refractivity contribution is 7.90. The summed E-state index contributed by atoms with van der Waals surface area (Å²) in [5.74, 6) is -0.570. The van der Waals surface area contributed by atoms with E-state index in [1.165, 1.54) is 35.0 Å². The van der Waals surface area contributed by atoms with Crippen molar-refractivity contribution in [3.8, 4) is 17.2 Å². The number of allylic oxidation sites excluding steroid dienone is 1. The average Bonchev–Trinajstić information content (AvgIpc) is 3.79. The number of halogens is 1. The van der Waals surface area contributed by atoms with E-state index in [2.05, 4.69) is 55.8 Å². The molecule has 2 fully saturated rings. The first-order valence-corrected chi connectivity index (χ1v) is 24.7. The number of fused-ring (bicyclic) bond motifs is 2. The monoisotopic (exact) mass is 953 g/mol. The Balaban J connectivity index is 0.915. The van der Waals surface area contributed by atoms with Gasteiger partial charge in [-0.1, -0.05) is 43.2 Å². The van der Waals surface area contributed by atoms with Gasteiger partial charge in [0.05, 0.1) is 46.4 Å². The van der Waals surface area contributed by atoms with Gasteiger partial charge in [-0.25, -0.2) is 18.1 Å². The standard InChI is InChI=1S/C49H56ClN7O9S/c1-49(2)16-14-33(42(26-49)31-4-6-34(50)7-5-31)28-55-18-20-56(21-19-55)36-8-13-41(44(23-36)66-39-22-32-15-17-51-47(32)52-27-39)48(58)54-67(61,62)40-24-43(57(59)60)46-45(25-40)65-30-35(53-46)29-64-38-11-9-37(63-3)10-12-38/h4-8,13,15,17,22-25,27,35,37-38,53H,9-12,14,16,18-21,26,28-30H2,1-3H3,(H,51,52)(H,54,58)/t35-,37?,38?/m1/s1. The van der Waals surface area contributed by atoms with Crippen LogP contribution in [0.25, 0.3) is 16.6 Å². The summed E-state index contributed by atoms with van der Waals surface area (Å²) in [5.41, 5.74) is 5.21. The molecular weight excluding hydrogens is 898 g/mol. The molecule has 3 N–H and O–H groups in total. The van der Waals surface area contributed by atoms with E-state index in [0.717, 1.165) is 86.7 Å². The molecule has 18 heteroatoms. The number of nitrogens with one attached hydrogen (secondary N) is 3. The number of hydrogen-bond donors (Lipinski definition) is 3. The summed E-state index contributed by atoms with van der Waals surface area (Å²) in [6.07, 6.45) is 10.2. The van der Waals surface area contributed by atoms with Crippen LogP contribution in [0.1, 0.15) is 74.7 Å². The lowest BCUT2D eigenvalue weighted by Crippen LogP contribution is -2.47. The third kappa shape index (κ3) is 10.7. The highest BCUT2D eigenvalue weighted by Gasteiger charge is 2.34. The van der Waals surface area contributed by atoms with Gasteiger partial charge < -0.3 is 34.1 Å². The molecule has 0 bridgehead atoms. The maximum Gasteiger partial charge on any atom is 0.297 e. The quantitative estimate of drug-likeness (QED) is 0.0707. The number of amides is 1. The molecule has 354 valence electrons. The number of carbonyl (C=O) groups is 1. The Hall–Kier alpha value is -5.72. The number of pyridine rings is 1. The van der Waals surface area contributed by atoms with Crippen LogP contribution in [0.2, 0.25) is 5.02 Å². The number of nitrogens with zero attached hydrogens (tertiary/aromatic N) is 4. The second kappa shape index (κ2) is 19.5. The smallest absolute Gasteiger partial charge is 0.297 e. The first kappa shape index (κ1) is 46.4. The van der Waals surface area contributed by atoms with E-state index in [4.69, 9.17) is 30.5 Å². The molecule has 2 aromatic heterocycles. The number of ether oxygens (including phenoxy) is 4. The van der Waals surface area contributed by atoms with Crippen molar-refractivity contribution in [2.45, 2.75) is 81.9 Å². The van der Waals surface area contributed by atoms with Gasteiger partial charge in [-0.15, -0.1) is 0 Å². The van der Waals surface area contributed by atoms with Crippen LogP contribution in [-0.2, 0) is 19.5 Å². The van der Waals surface area contributed by atoms with Crippen molar-refractivity contribution in [2.75, 3.05) is 63.3 Å². The van der Waals surface area contributed by atoms with Gasteiger partial charge in [-0.2, -0.15) is 0 Å². The van der Waals surface area contributed by atoms with Gasteiger partial charge in [-0.3, -0.25) is 19.8 Å².